The third-order valence-corrected chi connectivity index (χ3v) is 3.74. The molecule has 16 heavy (non-hydrogen) atoms. The third kappa shape index (κ3) is 2.76. The van der Waals surface area contributed by atoms with Crippen molar-refractivity contribution in [2.75, 3.05) is 13.1 Å². The van der Waals surface area contributed by atoms with E-state index in [4.69, 9.17) is 0 Å². The fourth-order valence-corrected chi connectivity index (χ4v) is 2.41. The minimum absolute atomic E-state index is 0.371. The van der Waals surface area contributed by atoms with Gasteiger partial charge in [0.25, 0.3) is 0 Å². The summed E-state index contributed by atoms with van der Waals surface area (Å²) in [5.41, 5.74) is 1.21. The van der Waals surface area contributed by atoms with Crippen LogP contribution < -0.4 is 0 Å². The maximum absolute atomic E-state index is 9.42. The van der Waals surface area contributed by atoms with Gasteiger partial charge in [-0.2, -0.15) is 0 Å². The largest absolute Gasteiger partial charge is 0.508 e. The fraction of sp³-hybridized carbons (Fsp3) is 0.571. The first-order valence-electron chi connectivity index (χ1n) is 6.15. The number of phenolic OH excluding ortho intramolecular Hbond substituents is 1. The molecule has 1 aliphatic rings. The second kappa shape index (κ2) is 4.88. The summed E-state index contributed by atoms with van der Waals surface area (Å²) in [6, 6.07) is 7.59. The van der Waals surface area contributed by atoms with Crippen LogP contribution in [0.15, 0.2) is 24.3 Å². The standard InChI is InChI=1S/C14H21NO/c1-11-6-7-15(9-12(11)2)10-13-4-3-5-14(16)8-13/h3-5,8,11-12,16H,6-7,9-10H2,1-2H3. The lowest BCUT2D eigenvalue weighted by Gasteiger charge is -2.35. The summed E-state index contributed by atoms with van der Waals surface area (Å²) in [7, 11) is 0. The van der Waals surface area contributed by atoms with E-state index in [1.54, 1.807) is 6.07 Å². The molecule has 2 unspecified atom stereocenters. The van der Waals surface area contributed by atoms with Gasteiger partial charge < -0.3 is 5.11 Å². The van der Waals surface area contributed by atoms with Gasteiger partial charge in [-0.15, -0.1) is 0 Å². The summed E-state index contributed by atoms with van der Waals surface area (Å²) in [6.45, 7) is 8.00. The highest BCUT2D eigenvalue weighted by molar-refractivity contribution is 5.27. The van der Waals surface area contributed by atoms with E-state index in [-0.39, 0.29) is 0 Å². The Balaban J connectivity index is 1.95. The van der Waals surface area contributed by atoms with Crippen LogP contribution in [-0.4, -0.2) is 23.1 Å². The molecule has 2 heteroatoms. The molecule has 1 heterocycles. The number of likely N-dealkylation sites (tertiary alicyclic amines) is 1. The smallest absolute Gasteiger partial charge is 0.115 e. The Kier molecular flexibility index (Phi) is 3.49. The topological polar surface area (TPSA) is 23.5 Å². The first-order valence-corrected chi connectivity index (χ1v) is 6.15. The van der Waals surface area contributed by atoms with Crippen LogP contribution in [0, 0.1) is 11.8 Å². The van der Waals surface area contributed by atoms with Gasteiger partial charge >= 0.3 is 0 Å². The van der Waals surface area contributed by atoms with Gasteiger partial charge in [-0.05, 0) is 42.5 Å². The Labute approximate surface area is 97.9 Å². The Bertz CT molecular complexity index is 350. The molecule has 0 bridgehead atoms. The molecule has 0 radical (unpaired) electrons. The Hall–Kier alpha value is -1.02. The van der Waals surface area contributed by atoms with E-state index < -0.39 is 0 Å². The van der Waals surface area contributed by atoms with Crippen molar-refractivity contribution in [1.29, 1.82) is 0 Å². The van der Waals surface area contributed by atoms with Gasteiger partial charge in [-0.25, -0.2) is 0 Å². The summed E-state index contributed by atoms with van der Waals surface area (Å²) in [5.74, 6) is 2.00. The molecule has 0 aliphatic carbocycles. The third-order valence-electron chi connectivity index (χ3n) is 3.74. The van der Waals surface area contributed by atoms with Crippen LogP contribution in [0.4, 0.5) is 0 Å². The number of nitrogens with zero attached hydrogens (tertiary/aromatic N) is 1. The van der Waals surface area contributed by atoms with Crippen LogP contribution in [0.3, 0.4) is 0 Å². The molecular weight excluding hydrogens is 198 g/mol. The number of piperidine rings is 1. The summed E-state index contributed by atoms with van der Waals surface area (Å²) in [4.78, 5) is 2.49. The van der Waals surface area contributed by atoms with Gasteiger partial charge in [0.1, 0.15) is 5.75 Å². The van der Waals surface area contributed by atoms with E-state index in [9.17, 15) is 5.11 Å². The first-order chi connectivity index (χ1) is 7.65. The molecule has 2 atom stereocenters. The zero-order chi connectivity index (χ0) is 11.5. The van der Waals surface area contributed by atoms with Gasteiger partial charge in [-0.1, -0.05) is 26.0 Å². The molecule has 1 fully saturated rings. The number of hydrogen-bond acceptors (Lipinski definition) is 2. The highest BCUT2D eigenvalue weighted by Crippen LogP contribution is 2.24. The molecule has 0 spiro atoms. The predicted octanol–water partition coefficient (Wildman–Crippen LogP) is 2.87. The second-order valence-electron chi connectivity index (χ2n) is 5.15. The van der Waals surface area contributed by atoms with E-state index >= 15 is 0 Å². The average molecular weight is 219 g/mol. The van der Waals surface area contributed by atoms with E-state index in [2.05, 4.69) is 24.8 Å². The lowest BCUT2D eigenvalue weighted by Crippen LogP contribution is -2.37. The minimum Gasteiger partial charge on any atom is -0.508 e. The summed E-state index contributed by atoms with van der Waals surface area (Å²) < 4.78 is 0. The molecule has 0 amide bonds. The van der Waals surface area contributed by atoms with Crippen LogP contribution in [0.1, 0.15) is 25.8 Å². The van der Waals surface area contributed by atoms with Crippen molar-refractivity contribution in [3.63, 3.8) is 0 Å². The Morgan fingerprint density at radius 2 is 2.12 bits per heavy atom. The average Bonchev–Trinajstić information content (AvgIpc) is 2.24. The highest BCUT2D eigenvalue weighted by atomic mass is 16.3. The molecule has 88 valence electrons. The number of aromatic hydroxyl groups is 1. The normalized spacial score (nSPS) is 26.9. The molecular formula is C14H21NO. The molecule has 1 aromatic rings. The summed E-state index contributed by atoms with van der Waals surface area (Å²) in [6.07, 6.45) is 1.29. The van der Waals surface area contributed by atoms with E-state index in [0.717, 1.165) is 18.4 Å². The minimum atomic E-state index is 0.371. The summed E-state index contributed by atoms with van der Waals surface area (Å²) >= 11 is 0. The second-order valence-corrected chi connectivity index (χ2v) is 5.15. The maximum Gasteiger partial charge on any atom is 0.115 e. The molecule has 0 aromatic heterocycles. The first kappa shape index (κ1) is 11.5. The lowest BCUT2D eigenvalue weighted by atomic mass is 9.88. The van der Waals surface area contributed by atoms with Gasteiger partial charge in [0.05, 0.1) is 0 Å². The van der Waals surface area contributed by atoms with E-state index in [1.807, 2.05) is 12.1 Å². The predicted molar refractivity (Wildman–Crippen MR) is 66.3 cm³/mol. The molecule has 1 N–H and O–H groups in total. The molecule has 1 aromatic carbocycles. The SMILES string of the molecule is CC1CCN(Cc2cccc(O)c2)CC1C. The highest BCUT2D eigenvalue weighted by Gasteiger charge is 2.22. The van der Waals surface area contributed by atoms with Crippen molar-refractivity contribution in [2.45, 2.75) is 26.8 Å². The molecule has 0 saturated carbocycles. The maximum atomic E-state index is 9.42. The lowest BCUT2D eigenvalue weighted by molar-refractivity contribution is 0.132. The molecule has 2 nitrogen and oxygen atoms in total. The molecule has 2 rings (SSSR count). The van der Waals surface area contributed by atoms with E-state index in [1.165, 1.54) is 25.1 Å². The number of benzene rings is 1. The van der Waals surface area contributed by atoms with Gasteiger partial charge in [-0.3, -0.25) is 4.90 Å². The molecule has 1 aliphatic heterocycles. The zero-order valence-corrected chi connectivity index (χ0v) is 10.2. The summed E-state index contributed by atoms with van der Waals surface area (Å²) in [5, 5.41) is 9.42. The number of phenols is 1. The van der Waals surface area contributed by atoms with Crippen molar-refractivity contribution >= 4 is 0 Å². The van der Waals surface area contributed by atoms with Gasteiger partial charge in [0, 0.05) is 13.1 Å². The van der Waals surface area contributed by atoms with Crippen molar-refractivity contribution in [1.82, 2.24) is 4.90 Å². The Morgan fingerprint density at radius 1 is 1.31 bits per heavy atom. The van der Waals surface area contributed by atoms with Crippen LogP contribution in [0.25, 0.3) is 0 Å². The van der Waals surface area contributed by atoms with Crippen molar-refractivity contribution in [3.05, 3.63) is 29.8 Å². The van der Waals surface area contributed by atoms with Crippen LogP contribution in [0.2, 0.25) is 0 Å². The van der Waals surface area contributed by atoms with Crippen molar-refractivity contribution < 1.29 is 5.11 Å². The molecule has 1 saturated heterocycles. The number of rotatable bonds is 2. The number of hydrogen-bond donors (Lipinski definition) is 1. The van der Waals surface area contributed by atoms with Crippen LogP contribution >= 0.6 is 0 Å². The zero-order valence-electron chi connectivity index (χ0n) is 10.2. The van der Waals surface area contributed by atoms with Crippen LogP contribution in [-0.2, 0) is 6.54 Å². The van der Waals surface area contributed by atoms with Crippen LogP contribution in [0.5, 0.6) is 5.75 Å². The van der Waals surface area contributed by atoms with Gasteiger partial charge in [0.2, 0.25) is 0 Å². The monoisotopic (exact) mass is 219 g/mol. The fourth-order valence-electron chi connectivity index (χ4n) is 2.41. The Morgan fingerprint density at radius 3 is 2.81 bits per heavy atom. The van der Waals surface area contributed by atoms with Crippen molar-refractivity contribution in [2.24, 2.45) is 11.8 Å². The van der Waals surface area contributed by atoms with Crippen molar-refractivity contribution in [3.8, 4) is 5.75 Å². The van der Waals surface area contributed by atoms with Gasteiger partial charge in [0.15, 0.2) is 0 Å². The van der Waals surface area contributed by atoms with E-state index in [0.29, 0.717) is 5.75 Å². The quantitative estimate of drug-likeness (QED) is 0.826.